The van der Waals surface area contributed by atoms with Crippen molar-refractivity contribution in [3.63, 3.8) is 0 Å². The SMILES string of the molecule is CSc1ccc2c(=O)cc(C(=O)N[C@H]3CCN(C(=O)c4cc(C(F)(F)F)cc(C(F)(F)F)c4)[C@H](Cc4ccccc4)C3)oc2c1. The Kier molecular flexibility index (Phi) is 9.02. The van der Waals surface area contributed by atoms with Gasteiger partial charge in [0.2, 0.25) is 0 Å². The van der Waals surface area contributed by atoms with E-state index in [-0.39, 0.29) is 43.2 Å². The van der Waals surface area contributed by atoms with Gasteiger partial charge in [0.25, 0.3) is 11.8 Å². The molecule has 0 bridgehead atoms. The first kappa shape index (κ1) is 32.1. The quantitative estimate of drug-likeness (QED) is 0.177. The molecule has 5 rings (SSSR count). The minimum atomic E-state index is -5.11. The molecule has 2 amide bonds. The standard InChI is InChI=1S/C32H26F6N2O4S/c1-45-24-7-8-25-26(41)17-28(44-27(25)16-24)29(42)39-22-9-10-40(23(15-22)11-18-5-3-2-4-6-18)30(43)19-12-20(31(33,34)35)14-21(13-19)32(36,37)38/h2-8,12-14,16-17,22-23H,9-11,15H2,1H3,(H,39,42)/t22-,23+/m0/s1. The van der Waals surface area contributed by atoms with Crippen LogP contribution in [0.1, 0.15) is 50.4 Å². The number of rotatable bonds is 6. The Bertz CT molecular complexity index is 1760. The molecule has 1 N–H and O–H groups in total. The molecule has 1 fully saturated rings. The smallest absolute Gasteiger partial charge is 0.416 e. The van der Waals surface area contributed by atoms with Crippen molar-refractivity contribution in [1.29, 1.82) is 0 Å². The van der Waals surface area contributed by atoms with E-state index in [1.807, 2.05) is 6.26 Å². The van der Waals surface area contributed by atoms with Gasteiger partial charge < -0.3 is 14.6 Å². The fourth-order valence-corrected chi connectivity index (χ4v) is 5.83. The first-order valence-electron chi connectivity index (χ1n) is 13.8. The van der Waals surface area contributed by atoms with Gasteiger partial charge in [0.15, 0.2) is 11.2 Å². The maximum absolute atomic E-state index is 13.6. The molecule has 0 unspecified atom stereocenters. The van der Waals surface area contributed by atoms with E-state index in [1.54, 1.807) is 48.5 Å². The molecule has 3 aromatic carbocycles. The number of thioether (sulfide) groups is 1. The lowest BCUT2D eigenvalue weighted by Gasteiger charge is -2.40. The van der Waals surface area contributed by atoms with Crippen LogP contribution in [0.25, 0.3) is 11.0 Å². The van der Waals surface area contributed by atoms with E-state index in [1.165, 1.54) is 16.7 Å². The number of piperidine rings is 1. The molecule has 0 aliphatic carbocycles. The van der Waals surface area contributed by atoms with Crippen molar-refractivity contribution in [2.45, 2.75) is 48.6 Å². The second-order valence-electron chi connectivity index (χ2n) is 10.7. The highest BCUT2D eigenvalue weighted by molar-refractivity contribution is 7.98. The van der Waals surface area contributed by atoms with Crippen molar-refractivity contribution < 1.29 is 40.3 Å². The second kappa shape index (κ2) is 12.6. The van der Waals surface area contributed by atoms with Gasteiger partial charge in [0.05, 0.1) is 16.5 Å². The first-order valence-corrected chi connectivity index (χ1v) is 15.0. The molecule has 6 nitrogen and oxygen atoms in total. The van der Waals surface area contributed by atoms with Crippen molar-refractivity contribution in [1.82, 2.24) is 10.2 Å². The van der Waals surface area contributed by atoms with E-state index in [9.17, 15) is 40.7 Å². The molecule has 2 atom stereocenters. The van der Waals surface area contributed by atoms with Crippen LogP contribution in [0, 0.1) is 0 Å². The Morgan fingerprint density at radius 1 is 0.933 bits per heavy atom. The minimum absolute atomic E-state index is 0.0208. The van der Waals surface area contributed by atoms with Crippen molar-refractivity contribution in [3.05, 3.63) is 111 Å². The van der Waals surface area contributed by atoms with Crippen molar-refractivity contribution in [3.8, 4) is 0 Å². The third-order valence-electron chi connectivity index (χ3n) is 7.62. The lowest BCUT2D eigenvalue weighted by molar-refractivity contribution is -0.143. The molecule has 236 valence electrons. The third-order valence-corrected chi connectivity index (χ3v) is 8.35. The van der Waals surface area contributed by atoms with Gasteiger partial charge in [-0.3, -0.25) is 14.4 Å². The maximum atomic E-state index is 13.6. The predicted octanol–water partition coefficient (Wildman–Crippen LogP) is 7.20. The number of hydrogen-bond donors (Lipinski definition) is 1. The number of hydrogen-bond acceptors (Lipinski definition) is 5. The number of benzene rings is 3. The van der Waals surface area contributed by atoms with E-state index in [0.29, 0.717) is 17.5 Å². The zero-order valence-corrected chi connectivity index (χ0v) is 24.5. The average molecular weight is 649 g/mol. The fourth-order valence-electron chi connectivity index (χ4n) is 5.40. The summed E-state index contributed by atoms with van der Waals surface area (Å²) in [6, 6.07) is 14.6. The molecular weight excluding hydrogens is 622 g/mol. The molecule has 1 aromatic heterocycles. The Morgan fingerprint density at radius 3 is 2.22 bits per heavy atom. The van der Waals surface area contributed by atoms with Gasteiger partial charge in [0.1, 0.15) is 5.58 Å². The molecule has 4 aromatic rings. The van der Waals surface area contributed by atoms with Gasteiger partial charge in [-0.15, -0.1) is 11.8 Å². The number of fused-ring (bicyclic) bond motifs is 1. The zero-order chi connectivity index (χ0) is 32.5. The van der Waals surface area contributed by atoms with Crippen molar-refractivity contribution in [2.24, 2.45) is 0 Å². The number of nitrogens with zero attached hydrogens (tertiary/aromatic N) is 1. The van der Waals surface area contributed by atoms with Crippen molar-refractivity contribution in [2.75, 3.05) is 12.8 Å². The Morgan fingerprint density at radius 2 is 1.60 bits per heavy atom. The van der Waals surface area contributed by atoms with Crippen LogP contribution in [0.4, 0.5) is 26.3 Å². The van der Waals surface area contributed by atoms with Crippen LogP contribution in [0.3, 0.4) is 0 Å². The topological polar surface area (TPSA) is 79.6 Å². The Hall–Kier alpha value is -4.26. The van der Waals surface area contributed by atoms with E-state index in [4.69, 9.17) is 4.42 Å². The molecule has 13 heteroatoms. The summed E-state index contributed by atoms with van der Waals surface area (Å²) in [6.07, 6.45) is -7.83. The van der Waals surface area contributed by atoms with Crippen LogP contribution < -0.4 is 10.7 Å². The summed E-state index contributed by atoms with van der Waals surface area (Å²) >= 11 is 1.43. The number of likely N-dealkylation sites (tertiary alicyclic amines) is 1. The summed E-state index contributed by atoms with van der Waals surface area (Å²) in [5.41, 5.74) is -3.29. The highest BCUT2D eigenvalue weighted by Crippen LogP contribution is 2.37. The molecule has 1 aliphatic rings. The molecule has 2 heterocycles. The van der Waals surface area contributed by atoms with Crippen LogP contribution >= 0.6 is 11.8 Å². The third kappa shape index (κ3) is 7.35. The van der Waals surface area contributed by atoms with Gasteiger partial charge >= 0.3 is 12.4 Å². The molecule has 0 radical (unpaired) electrons. The zero-order valence-electron chi connectivity index (χ0n) is 23.7. The number of carbonyl (C=O) groups excluding carboxylic acids is 2. The monoisotopic (exact) mass is 648 g/mol. The first-order chi connectivity index (χ1) is 21.2. The lowest BCUT2D eigenvalue weighted by Crippen LogP contribution is -2.52. The van der Waals surface area contributed by atoms with Gasteiger partial charge in [-0.25, -0.2) is 0 Å². The number of amides is 2. The van der Waals surface area contributed by atoms with Crippen molar-refractivity contribution >= 4 is 34.5 Å². The van der Waals surface area contributed by atoms with Gasteiger partial charge in [-0.2, -0.15) is 26.3 Å². The minimum Gasteiger partial charge on any atom is -0.451 e. The summed E-state index contributed by atoms with van der Waals surface area (Å²) in [4.78, 5) is 41.5. The van der Waals surface area contributed by atoms with Gasteiger partial charge in [0, 0.05) is 35.2 Å². The molecule has 0 saturated carbocycles. The van der Waals surface area contributed by atoms with Crippen LogP contribution in [0.2, 0.25) is 0 Å². The second-order valence-corrected chi connectivity index (χ2v) is 11.5. The van der Waals surface area contributed by atoms with Gasteiger partial charge in [-0.1, -0.05) is 30.3 Å². The number of alkyl halides is 6. The number of carbonyl (C=O) groups is 2. The normalized spacial score (nSPS) is 17.4. The van der Waals surface area contributed by atoms with E-state index in [0.717, 1.165) is 16.5 Å². The number of nitrogens with one attached hydrogen (secondary N) is 1. The molecule has 45 heavy (non-hydrogen) atoms. The summed E-state index contributed by atoms with van der Waals surface area (Å²) < 4.78 is 86.8. The highest BCUT2D eigenvalue weighted by Gasteiger charge is 2.39. The Balaban J connectivity index is 1.42. The fraction of sp³-hybridized carbons (Fsp3) is 0.281. The molecule has 1 saturated heterocycles. The lowest BCUT2D eigenvalue weighted by atomic mass is 9.91. The largest absolute Gasteiger partial charge is 0.451 e. The van der Waals surface area contributed by atoms with Crippen LogP contribution in [-0.2, 0) is 18.8 Å². The van der Waals surface area contributed by atoms with Crippen LogP contribution in [-0.4, -0.2) is 41.6 Å². The molecule has 0 spiro atoms. The summed E-state index contributed by atoms with van der Waals surface area (Å²) in [5.74, 6) is -1.87. The summed E-state index contributed by atoms with van der Waals surface area (Å²) in [7, 11) is 0. The maximum Gasteiger partial charge on any atom is 0.416 e. The van der Waals surface area contributed by atoms with E-state index >= 15 is 0 Å². The molecular formula is C32H26F6N2O4S. The van der Waals surface area contributed by atoms with E-state index in [2.05, 4.69) is 5.32 Å². The highest BCUT2D eigenvalue weighted by atomic mass is 32.2. The summed E-state index contributed by atoms with van der Waals surface area (Å²) in [6.45, 7) is -0.0579. The van der Waals surface area contributed by atoms with Crippen LogP contribution in [0.5, 0.6) is 0 Å². The predicted molar refractivity (Wildman–Crippen MR) is 156 cm³/mol. The summed E-state index contributed by atoms with van der Waals surface area (Å²) in [5, 5.41) is 3.12. The number of halogens is 6. The van der Waals surface area contributed by atoms with Gasteiger partial charge in [-0.05, 0) is 67.5 Å². The average Bonchev–Trinajstić information content (AvgIpc) is 3.00. The van der Waals surface area contributed by atoms with E-state index < -0.39 is 58.4 Å². The van der Waals surface area contributed by atoms with Crippen LogP contribution in [0.15, 0.2) is 86.9 Å². The molecule has 1 aliphatic heterocycles. The Labute approximate surface area is 257 Å².